The number of rotatable bonds is 7. The maximum absolute atomic E-state index is 11.9. The first kappa shape index (κ1) is 14.9. The third-order valence-corrected chi connectivity index (χ3v) is 2.55. The number of primary amides is 1. The summed E-state index contributed by atoms with van der Waals surface area (Å²) in [5, 5.41) is 2.72. The lowest BCUT2D eigenvalue weighted by Gasteiger charge is -2.07. The van der Waals surface area contributed by atoms with Crippen LogP contribution in [0.4, 0.5) is 5.82 Å². The first-order chi connectivity index (χ1) is 9.02. The van der Waals surface area contributed by atoms with Crippen molar-refractivity contribution in [3.05, 3.63) is 23.4 Å². The molecule has 2 amide bonds. The molecule has 0 spiro atoms. The number of anilines is 1. The lowest BCUT2D eigenvalue weighted by atomic mass is 10.1. The van der Waals surface area contributed by atoms with E-state index >= 15 is 0 Å². The smallest absolute Gasteiger partial charge is 0.251 e. The molecule has 0 atom stereocenters. The molecule has 6 nitrogen and oxygen atoms in total. The first-order valence-electron chi connectivity index (χ1n) is 6.36. The summed E-state index contributed by atoms with van der Waals surface area (Å²) in [4.78, 5) is 26.6. The number of hydrogen-bond acceptors (Lipinski definition) is 4. The molecule has 0 aromatic carbocycles. The van der Waals surface area contributed by atoms with Crippen molar-refractivity contribution in [2.75, 3.05) is 12.3 Å². The van der Waals surface area contributed by atoms with Crippen molar-refractivity contribution in [3.8, 4) is 0 Å². The number of nitrogens with one attached hydrogen (secondary N) is 1. The predicted molar refractivity (Wildman–Crippen MR) is 73.4 cm³/mol. The minimum absolute atomic E-state index is 0.212. The fourth-order valence-corrected chi connectivity index (χ4v) is 1.69. The lowest BCUT2D eigenvalue weighted by molar-refractivity contribution is -0.118. The Kier molecular flexibility index (Phi) is 5.78. The molecule has 104 valence electrons. The summed E-state index contributed by atoms with van der Waals surface area (Å²) in [6.07, 6.45) is 2.52. The Balaban J connectivity index is 2.58. The minimum atomic E-state index is -0.368. The van der Waals surface area contributed by atoms with Crippen LogP contribution in [0.2, 0.25) is 0 Å². The summed E-state index contributed by atoms with van der Waals surface area (Å²) in [5.74, 6) is -0.239. The number of hydrogen-bond donors (Lipinski definition) is 3. The number of nitrogens with two attached hydrogens (primary N) is 2. The van der Waals surface area contributed by atoms with Crippen LogP contribution in [0.5, 0.6) is 0 Å². The molecule has 0 aliphatic carbocycles. The van der Waals surface area contributed by atoms with Gasteiger partial charge in [-0.3, -0.25) is 9.59 Å². The molecule has 0 aliphatic rings. The van der Waals surface area contributed by atoms with Gasteiger partial charge in [0.1, 0.15) is 5.82 Å². The van der Waals surface area contributed by atoms with E-state index in [9.17, 15) is 9.59 Å². The summed E-state index contributed by atoms with van der Waals surface area (Å²) >= 11 is 0. The van der Waals surface area contributed by atoms with E-state index in [1.54, 1.807) is 12.1 Å². The largest absolute Gasteiger partial charge is 0.384 e. The number of aryl methyl sites for hydroxylation is 1. The monoisotopic (exact) mass is 264 g/mol. The standard InChI is InChI=1S/C13H20N4O2/c1-2-4-10-7-9(8-11(14)17-10)13(19)16-6-3-5-12(15)18/h7-8H,2-6H2,1H3,(H2,14,17)(H2,15,18)(H,16,19). The maximum atomic E-state index is 11.9. The average Bonchev–Trinajstić information content (AvgIpc) is 2.34. The Labute approximate surface area is 112 Å². The molecule has 0 unspecified atom stereocenters. The van der Waals surface area contributed by atoms with E-state index < -0.39 is 0 Å². The number of pyridine rings is 1. The van der Waals surface area contributed by atoms with Crippen LogP contribution in [0.3, 0.4) is 0 Å². The lowest BCUT2D eigenvalue weighted by Crippen LogP contribution is -2.26. The summed E-state index contributed by atoms with van der Waals surface area (Å²) in [6.45, 7) is 2.45. The van der Waals surface area contributed by atoms with Crippen LogP contribution in [0.25, 0.3) is 0 Å². The molecule has 1 rings (SSSR count). The molecule has 1 aromatic heterocycles. The fourth-order valence-electron chi connectivity index (χ4n) is 1.69. The van der Waals surface area contributed by atoms with E-state index in [0.29, 0.717) is 24.3 Å². The Morgan fingerprint density at radius 1 is 1.37 bits per heavy atom. The number of aromatic nitrogens is 1. The molecule has 6 heteroatoms. The third-order valence-electron chi connectivity index (χ3n) is 2.55. The zero-order chi connectivity index (χ0) is 14.3. The van der Waals surface area contributed by atoms with E-state index in [0.717, 1.165) is 18.5 Å². The van der Waals surface area contributed by atoms with Gasteiger partial charge >= 0.3 is 0 Å². The van der Waals surface area contributed by atoms with Gasteiger partial charge in [-0.25, -0.2) is 4.98 Å². The molecule has 0 fully saturated rings. The van der Waals surface area contributed by atoms with Crippen LogP contribution in [-0.2, 0) is 11.2 Å². The molecule has 1 aromatic rings. The fraction of sp³-hybridized carbons (Fsp3) is 0.462. The second-order valence-electron chi connectivity index (χ2n) is 4.35. The summed E-state index contributed by atoms with van der Waals surface area (Å²) in [6, 6.07) is 3.28. The molecular weight excluding hydrogens is 244 g/mol. The third kappa shape index (κ3) is 5.37. The SMILES string of the molecule is CCCc1cc(C(=O)NCCCC(N)=O)cc(N)n1. The number of amides is 2. The number of nitrogen functional groups attached to an aromatic ring is 1. The van der Waals surface area contributed by atoms with Crippen molar-refractivity contribution in [1.29, 1.82) is 0 Å². The molecule has 1 heterocycles. The minimum Gasteiger partial charge on any atom is -0.384 e. The molecule has 5 N–H and O–H groups in total. The van der Waals surface area contributed by atoms with Crippen LogP contribution in [0.15, 0.2) is 12.1 Å². The van der Waals surface area contributed by atoms with Crippen molar-refractivity contribution in [2.45, 2.75) is 32.6 Å². The van der Waals surface area contributed by atoms with E-state index in [1.807, 2.05) is 6.92 Å². The van der Waals surface area contributed by atoms with Gasteiger partial charge in [-0.05, 0) is 25.0 Å². The van der Waals surface area contributed by atoms with Gasteiger partial charge in [0.25, 0.3) is 5.91 Å². The highest BCUT2D eigenvalue weighted by Gasteiger charge is 2.08. The van der Waals surface area contributed by atoms with Gasteiger partial charge in [-0.15, -0.1) is 0 Å². The molecule has 0 saturated carbocycles. The molecule has 19 heavy (non-hydrogen) atoms. The zero-order valence-corrected chi connectivity index (χ0v) is 11.1. The van der Waals surface area contributed by atoms with Gasteiger partial charge in [-0.2, -0.15) is 0 Å². The van der Waals surface area contributed by atoms with Crippen molar-refractivity contribution in [2.24, 2.45) is 5.73 Å². The van der Waals surface area contributed by atoms with Crippen LogP contribution >= 0.6 is 0 Å². The van der Waals surface area contributed by atoms with Crippen molar-refractivity contribution in [1.82, 2.24) is 10.3 Å². The normalized spacial score (nSPS) is 10.2. The van der Waals surface area contributed by atoms with Crippen molar-refractivity contribution in [3.63, 3.8) is 0 Å². The Hall–Kier alpha value is -2.11. The van der Waals surface area contributed by atoms with E-state index in [-0.39, 0.29) is 18.2 Å². The van der Waals surface area contributed by atoms with Crippen molar-refractivity contribution < 1.29 is 9.59 Å². The second kappa shape index (κ2) is 7.35. The van der Waals surface area contributed by atoms with Gasteiger partial charge in [0, 0.05) is 24.2 Å². The Morgan fingerprint density at radius 3 is 2.74 bits per heavy atom. The second-order valence-corrected chi connectivity index (χ2v) is 4.35. The Morgan fingerprint density at radius 2 is 2.11 bits per heavy atom. The van der Waals surface area contributed by atoms with Gasteiger partial charge in [0.15, 0.2) is 0 Å². The average molecular weight is 264 g/mol. The molecule has 0 saturated heterocycles. The summed E-state index contributed by atoms with van der Waals surface area (Å²) < 4.78 is 0. The predicted octanol–water partition coefficient (Wildman–Crippen LogP) is 0.612. The van der Waals surface area contributed by atoms with E-state index in [4.69, 9.17) is 11.5 Å². The summed E-state index contributed by atoms with van der Waals surface area (Å²) in [5.41, 5.74) is 12.0. The van der Waals surface area contributed by atoms with Crippen LogP contribution in [0.1, 0.15) is 42.2 Å². The topological polar surface area (TPSA) is 111 Å². The highest BCUT2D eigenvalue weighted by Crippen LogP contribution is 2.09. The first-order valence-corrected chi connectivity index (χ1v) is 6.36. The van der Waals surface area contributed by atoms with Crippen LogP contribution in [0, 0.1) is 0 Å². The van der Waals surface area contributed by atoms with Gasteiger partial charge in [0.05, 0.1) is 0 Å². The zero-order valence-electron chi connectivity index (χ0n) is 11.1. The molecule has 0 bridgehead atoms. The highest BCUT2D eigenvalue weighted by molar-refractivity contribution is 5.94. The van der Waals surface area contributed by atoms with Crippen molar-refractivity contribution >= 4 is 17.6 Å². The van der Waals surface area contributed by atoms with Crippen LogP contribution < -0.4 is 16.8 Å². The van der Waals surface area contributed by atoms with Gasteiger partial charge in [-0.1, -0.05) is 13.3 Å². The number of nitrogens with zero attached hydrogens (tertiary/aromatic N) is 1. The Bertz CT molecular complexity index is 460. The molecule has 0 radical (unpaired) electrons. The number of carbonyl (C=O) groups is 2. The van der Waals surface area contributed by atoms with E-state index in [2.05, 4.69) is 10.3 Å². The highest BCUT2D eigenvalue weighted by atomic mass is 16.2. The maximum Gasteiger partial charge on any atom is 0.251 e. The van der Waals surface area contributed by atoms with E-state index in [1.165, 1.54) is 0 Å². The number of carbonyl (C=O) groups excluding carboxylic acids is 2. The van der Waals surface area contributed by atoms with Gasteiger partial charge in [0.2, 0.25) is 5.91 Å². The van der Waals surface area contributed by atoms with Crippen LogP contribution in [-0.4, -0.2) is 23.3 Å². The quantitative estimate of drug-likeness (QED) is 0.626. The summed E-state index contributed by atoms with van der Waals surface area (Å²) in [7, 11) is 0. The molecule has 0 aliphatic heterocycles. The molecular formula is C13H20N4O2. The van der Waals surface area contributed by atoms with Gasteiger partial charge < -0.3 is 16.8 Å².